The Morgan fingerprint density at radius 3 is 2.55 bits per heavy atom. The summed E-state index contributed by atoms with van der Waals surface area (Å²) in [5.74, 6) is 0.331. The fourth-order valence-electron chi connectivity index (χ4n) is 3.07. The molecule has 1 aromatic carbocycles. The van der Waals surface area contributed by atoms with Gasteiger partial charge in [0.1, 0.15) is 5.82 Å². The summed E-state index contributed by atoms with van der Waals surface area (Å²) in [6.07, 6.45) is 3.29. The van der Waals surface area contributed by atoms with E-state index in [9.17, 15) is 9.18 Å². The first-order valence-electron chi connectivity index (χ1n) is 8.23. The second-order valence-corrected chi connectivity index (χ2v) is 6.20. The molecule has 1 aromatic rings. The van der Waals surface area contributed by atoms with Gasteiger partial charge in [-0.15, -0.1) is 0 Å². The third-order valence-corrected chi connectivity index (χ3v) is 4.77. The van der Waals surface area contributed by atoms with E-state index in [-0.39, 0.29) is 17.6 Å². The van der Waals surface area contributed by atoms with Crippen molar-refractivity contribution in [1.29, 1.82) is 0 Å². The summed E-state index contributed by atoms with van der Waals surface area (Å²) in [5.41, 5.74) is 0.695. The summed E-state index contributed by atoms with van der Waals surface area (Å²) in [4.78, 5) is 16.2. The van der Waals surface area contributed by atoms with E-state index in [2.05, 4.69) is 15.1 Å². The van der Waals surface area contributed by atoms with E-state index in [0.29, 0.717) is 5.69 Å². The summed E-state index contributed by atoms with van der Waals surface area (Å²) in [5, 5.41) is 3.03. The third kappa shape index (κ3) is 3.58. The number of rotatable bonds is 5. The van der Waals surface area contributed by atoms with Crippen LogP contribution in [-0.4, -0.2) is 50.1 Å². The highest BCUT2D eigenvalue weighted by Crippen LogP contribution is 2.26. The first-order chi connectivity index (χ1) is 10.7. The van der Waals surface area contributed by atoms with Gasteiger partial charge in [-0.3, -0.25) is 9.69 Å². The fourth-order valence-corrected chi connectivity index (χ4v) is 3.07. The molecular weight excluding hydrogens is 281 g/mol. The van der Waals surface area contributed by atoms with E-state index in [0.717, 1.165) is 52.1 Å². The first-order valence-corrected chi connectivity index (χ1v) is 8.23. The maximum Gasteiger partial charge on any atom is 0.223 e. The summed E-state index contributed by atoms with van der Waals surface area (Å²) in [6.45, 7) is 5.08. The lowest BCUT2D eigenvalue weighted by atomic mass is 9.85. The number of carbonyl (C=O) groups excluding carboxylic acids is 1. The molecule has 5 heteroatoms. The minimum absolute atomic E-state index is 0.149. The number of piperazine rings is 1. The highest BCUT2D eigenvalue weighted by atomic mass is 19.1. The van der Waals surface area contributed by atoms with E-state index in [1.54, 1.807) is 6.07 Å². The lowest BCUT2D eigenvalue weighted by Crippen LogP contribution is -2.49. The molecule has 1 aliphatic heterocycles. The number of para-hydroxylation sites is 1. The van der Waals surface area contributed by atoms with E-state index in [1.807, 2.05) is 12.1 Å². The average molecular weight is 305 g/mol. The highest BCUT2D eigenvalue weighted by Gasteiger charge is 2.25. The summed E-state index contributed by atoms with van der Waals surface area (Å²) < 4.78 is 13.8. The van der Waals surface area contributed by atoms with Crippen molar-refractivity contribution >= 4 is 11.6 Å². The Kier molecular flexibility index (Phi) is 4.93. The second kappa shape index (κ2) is 7.09. The number of hydrogen-bond donors (Lipinski definition) is 1. The molecule has 0 spiro atoms. The van der Waals surface area contributed by atoms with Gasteiger partial charge in [0.2, 0.25) is 5.91 Å². The Morgan fingerprint density at radius 1 is 1.18 bits per heavy atom. The van der Waals surface area contributed by atoms with Crippen molar-refractivity contribution in [3.05, 3.63) is 30.1 Å². The predicted molar refractivity (Wildman–Crippen MR) is 85.4 cm³/mol. The van der Waals surface area contributed by atoms with Gasteiger partial charge in [0.05, 0.1) is 5.69 Å². The number of anilines is 1. The number of hydrogen-bond acceptors (Lipinski definition) is 3. The number of halogens is 1. The van der Waals surface area contributed by atoms with Gasteiger partial charge in [0.25, 0.3) is 0 Å². The van der Waals surface area contributed by atoms with Gasteiger partial charge < -0.3 is 10.2 Å². The molecule has 120 valence electrons. The third-order valence-electron chi connectivity index (χ3n) is 4.77. The molecule has 3 rings (SSSR count). The minimum Gasteiger partial charge on any atom is -0.367 e. The Bertz CT molecular complexity index is 510. The SMILES string of the molecule is O=C(NCCN1CCN(c2ccccc2F)CC1)C1CCC1. The first kappa shape index (κ1) is 15.3. The highest BCUT2D eigenvalue weighted by molar-refractivity contribution is 5.79. The van der Waals surface area contributed by atoms with Crippen LogP contribution in [0.4, 0.5) is 10.1 Å². The van der Waals surface area contributed by atoms with Crippen LogP contribution in [0.5, 0.6) is 0 Å². The number of nitrogens with one attached hydrogen (secondary N) is 1. The molecule has 0 aromatic heterocycles. The van der Waals surface area contributed by atoms with Crippen molar-refractivity contribution in [2.75, 3.05) is 44.2 Å². The van der Waals surface area contributed by atoms with Gasteiger partial charge in [0, 0.05) is 45.2 Å². The van der Waals surface area contributed by atoms with Crippen LogP contribution in [0, 0.1) is 11.7 Å². The number of amides is 1. The van der Waals surface area contributed by atoms with Crippen molar-refractivity contribution in [3.8, 4) is 0 Å². The normalized spacial score (nSPS) is 19.8. The van der Waals surface area contributed by atoms with Crippen LogP contribution in [0.15, 0.2) is 24.3 Å². The summed E-state index contributed by atoms with van der Waals surface area (Å²) >= 11 is 0. The zero-order valence-corrected chi connectivity index (χ0v) is 12.9. The monoisotopic (exact) mass is 305 g/mol. The zero-order valence-electron chi connectivity index (χ0n) is 12.9. The molecular formula is C17H24FN3O. The fraction of sp³-hybridized carbons (Fsp3) is 0.588. The predicted octanol–water partition coefficient (Wildman–Crippen LogP) is 1.86. The van der Waals surface area contributed by atoms with E-state index in [4.69, 9.17) is 0 Å². The average Bonchev–Trinajstić information content (AvgIpc) is 2.47. The molecule has 0 radical (unpaired) electrons. The molecule has 0 atom stereocenters. The summed E-state index contributed by atoms with van der Waals surface area (Å²) in [7, 11) is 0. The molecule has 22 heavy (non-hydrogen) atoms. The van der Waals surface area contributed by atoms with Gasteiger partial charge >= 0.3 is 0 Å². The van der Waals surface area contributed by atoms with Crippen LogP contribution >= 0.6 is 0 Å². The number of nitrogens with zero attached hydrogens (tertiary/aromatic N) is 2. The van der Waals surface area contributed by atoms with Crippen molar-refractivity contribution in [2.45, 2.75) is 19.3 Å². The Hall–Kier alpha value is -1.62. The molecule has 0 bridgehead atoms. The standard InChI is InChI=1S/C17H24FN3O/c18-15-6-1-2-7-16(15)21-12-10-20(11-13-21)9-8-19-17(22)14-4-3-5-14/h1-2,6-7,14H,3-5,8-13H2,(H,19,22). The Morgan fingerprint density at radius 2 is 1.91 bits per heavy atom. The molecule has 1 amide bonds. The smallest absolute Gasteiger partial charge is 0.223 e. The van der Waals surface area contributed by atoms with Crippen LogP contribution < -0.4 is 10.2 Å². The minimum atomic E-state index is -0.149. The molecule has 2 aliphatic rings. The van der Waals surface area contributed by atoms with Crippen molar-refractivity contribution < 1.29 is 9.18 Å². The molecule has 1 N–H and O–H groups in total. The van der Waals surface area contributed by atoms with E-state index >= 15 is 0 Å². The molecule has 4 nitrogen and oxygen atoms in total. The van der Waals surface area contributed by atoms with Crippen molar-refractivity contribution in [1.82, 2.24) is 10.2 Å². The van der Waals surface area contributed by atoms with Gasteiger partial charge in [-0.1, -0.05) is 18.6 Å². The van der Waals surface area contributed by atoms with Crippen molar-refractivity contribution in [2.24, 2.45) is 5.92 Å². The number of carbonyl (C=O) groups is 1. The quantitative estimate of drug-likeness (QED) is 0.902. The van der Waals surface area contributed by atoms with E-state index < -0.39 is 0 Å². The molecule has 1 saturated heterocycles. The van der Waals surface area contributed by atoms with Gasteiger partial charge in [-0.25, -0.2) is 4.39 Å². The van der Waals surface area contributed by atoms with Crippen LogP contribution in [0.2, 0.25) is 0 Å². The Balaban J connectivity index is 1.38. The van der Waals surface area contributed by atoms with Crippen LogP contribution in [0.25, 0.3) is 0 Å². The van der Waals surface area contributed by atoms with E-state index in [1.165, 1.54) is 12.5 Å². The largest absolute Gasteiger partial charge is 0.367 e. The number of benzene rings is 1. The Labute approximate surface area is 131 Å². The van der Waals surface area contributed by atoms with Crippen LogP contribution in [0.1, 0.15) is 19.3 Å². The maximum absolute atomic E-state index is 13.8. The molecule has 0 unspecified atom stereocenters. The summed E-state index contributed by atoms with van der Waals surface area (Å²) in [6, 6.07) is 6.95. The maximum atomic E-state index is 13.8. The van der Waals surface area contributed by atoms with Gasteiger partial charge in [0.15, 0.2) is 0 Å². The zero-order chi connectivity index (χ0) is 15.4. The van der Waals surface area contributed by atoms with Gasteiger partial charge in [-0.05, 0) is 25.0 Å². The van der Waals surface area contributed by atoms with Crippen LogP contribution in [0.3, 0.4) is 0 Å². The van der Waals surface area contributed by atoms with Crippen molar-refractivity contribution in [3.63, 3.8) is 0 Å². The molecule has 1 saturated carbocycles. The second-order valence-electron chi connectivity index (χ2n) is 6.20. The van der Waals surface area contributed by atoms with Crippen LogP contribution in [-0.2, 0) is 4.79 Å². The molecule has 1 aliphatic carbocycles. The topological polar surface area (TPSA) is 35.6 Å². The van der Waals surface area contributed by atoms with Gasteiger partial charge in [-0.2, -0.15) is 0 Å². The molecule has 2 fully saturated rings. The lowest BCUT2D eigenvalue weighted by molar-refractivity contribution is -0.127. The lowest BCUT2D eigenvalue weighted by Gasteiger charge is -2.36. The molecule has 1 heterocycles.